The molecule has 14 heteroatoms. The number of ether oxygens (including phenoxy) is 2. The summed E-state index contributed by atoms with van der Waals surface area (Å²) < 4.78 is 79.9. The zero-order valence-corrected chi connectivity index (χ0v) is 23.3. The van der Waals surface area contributed by atoms with E-state index < -0.39 is 50.2 Å². The monoisotopic (exact) mass is 594 g/mol. The van der Waals surface area contributed by atoms with Crippen molar-refractivity contribution in [3.8, 4) is 5.75 Å². The normalized spacial score (nSPS) is 15.6. The third kappa shape index (κ3) is 7.57. The van der Waals surface area contributed by atoms with E-state index >= 15 is 0 Å². The van der Waals surface area contributed by atoms with Crippen LogP contribution in [0.2, 0.25) is 0 Å². The summed E-state index contributed by atoms with van der Waals surface area (Å²) in [4.78, 5) is 24.4. The van der Waals surface area contributed by atoms with Gasteiger partial charge < -0.3 is 14.8 Å². The Morgan fingerprint density at radius 1 is 1.15 bits per heavy atom. The molecule has 0 fully saturated rings. The standard InChI is InChI=1S/C27H29F3N4O6S/c1-26(2,3)40-25(36)12-17-7-8-23-22(11-17)34(41(37,38)21-6-4-5-18(13-21)27(28,29)30)16-20(39-23)14-24(35)31-15-19-9-10-32-33-19/h4-11,13,20H,12,14-16H2,1-3H3,(H,31,35)(H,32,33)/t20-/m0/s1. The van der Waals surface area contributed by atoms with Crippen molar-refractivity contribution in [3.05, 3.63) is 71.5 Å². The van der Waals surface area contributed by atoms with Crippen LogP contribution in [0.1, 0.15) is 44.0 Å². The predicted molar refractivity (Wildman–Crippen MR) is 141 cm³/mol. The minimum absolute atomic E-state index is 0.0255. The second-order valence-corrected chi connectivity index (χ2v) is 12.3. The van der Waals surface area contributed by atoms with E-state index in [-0.39, 0.29) is 37.4 Å². The summed E-state index contributed by atoms with van der Waals surface area (Å²) >= 11 is 0. The number of nitrogens with zero attached hydrogens (tertiary/aromatic N) is 2. The number of aromatic amines is 1. The molecule has 0 bridgehead atoms. The van der Waals surface area contributed by atoms with Gasteiger partial charge in [0.25, 0.3) is 10.0 Å². The average molecular weight is 595 g/mol. The first-order chi connectivity index (χ1) is 19.1. The molecular formula is C27H29F3N4O6S. The van der Waals surface area contributed by atoms with Gasteiger partial charge in [0.15, 0.2) is 0 Å². The van der Waals surface area contributed by atoms with Crippen LogP contribution in [0.4, 0.5) is 18.9 Å². The maximum atomic E-state index is 13.8. The Morgan fingerprint density at radius 3 is 2.56 bits per heavy atom. The summed E-state index contributed by atoms with van der Waals surface area (Å²) in [6.07, 6.45) is -4.61. The highest BCUT2D eigenvalue weighted by Crippen LogP contribution is 2.39. The van der Waals surface area contributed by atoms with Crippen molar-refractivity contribution in [1.29, 1.82) is 0 Å². The molecule has 0 aliphatic carbocycles. The van der Waals surface area contributed by atoms with Crippen molar-refractivity contribution in [2.75, 3.05) is 10.8 Å². The van der Waals surface area contributed by atoms with Crippen molar-refractivity contribution in [3.63, 3.8) is 0 Å². The van der Waals surface area contributed by atoms with E-state index in [2.05, 4.69) is 15.5 Å². The number of fused-ring (bicyclic) bond motifs is 1. The molecule has 0 saturated carbocycles. The van der Waals surface area contributed by atoms with E-state index in [0.717, 1.165) is 22.5 Å². The fourth-order valence-corrected chi connectivity index (χ4v) is 5.71. The van der Waals surface area contributed by atoms with Crippen LogP contribution in [0.3, 0.4) is 0 Å². The molecule has 2 N–H and O–H groups in total. The first kappa shape index (κ1) is 29.9. The lowest BCUT2D eigenvalue weighted by Gasteiger charge is -2.35. The minimum atomic E-state index is -4.76. The SMILES string of the molecule is CC(C)(C)OC(=O)Cc1ccc2c(c1)N(S(=O)(=O)c1cccc(C(F)(F)F)c1)C[C@H](CC(=O)NCc1ccn[nH]1)O2. The zero-order chi connectivity index (χ0) is 30.0. The van der Waals surface area contributed by atoms with Crippen molar-refractivity contribution >= 4 is 27.6 Å². The van der Waals surface area contributed by atoms with Crippen LogP contribution in [0.15, 0.2) is 59.6 Å². The quantitative estimate of drug-likeness (QED) is 0.378. The number of H-pyrrole nitrogens is 1. The summed E-state index contributed by atoms with van der Waals surface area (Å²) in [5.74, 6) is -0.898. The van der Waals surface area contributed by atoms with E-state index in [1.54, 1.807) is 32.9 Å². The van der Waals surface area contributed by atoms with Gasteiger partial charge in [-0.15, -0.1) is 0 Å². The van der Waals surface area contributed by atoms with Crippen LogP contribution in [0.25, 0.3) is 0 Å². The van der Waals surface area contributed by atoms with E-state index in [0.29, 0.717) is 17.3 Å². The maximum Gasteiger partial charge on any atom is 0.416 e. The molecule has 0 saturated heterocycles. The van der Waals surface area contributed by atoms with Crippen LogP contribution in [0, 0.1) is 0 Å². The van der Waals surface area contributed by atoms with Crippen LogP contribution >= 0.6 is 0 Å². The minimum Gasteiger partial charge on any atom is -0.486 e. The van der Waals surface area contributed by atoms with Gasteiger partial charge in [-0.1, -0.05) is 12.1 Å². The number of carbonyl (C=O) groups excluding carboxylic acids is 2. The number of amides is 1. The van der Waals surface area contributed by atoms with Crippen LogP contribution in [0.5, 0.6) is 5.75 Å². The molecule has 0 radical (unpaired) electrons. The number of esters is 1. The molecule has 1 aromatic heterocycles. The van der Waals surface area contributed by atoms with Gasteiger partial charge in [-0.25, -0.2) is 8.42 Å². The number of hydrogen-bond donors (Lipinski definition) is 2. The van der Waals surface area contributed by atoms with Gasteiger partial charge in [0, 0.05) is 6.20 Å². The Morgan fingerprint density at radius 2 is 1.90 bits per heavy atom. The first-order valence-electron chi connectivity index (χ1n) is 12.6. The zero-order valence-electron chi connectivity index (χ0n) is 22.5. The fourth-order valence-electron chi connectivity index (χ4n) is 4.16. The number of sulfonamides is 1. The number of hydrogen-bond acceptors (Lipinski definition) is 7. The fraction of sp³-hybridized carbons (Fsp3) is 0.370. The highest BCUT2D eigenvalue weighted by molar-refractivity contribution is 7.92. The highest BCUT2D eigenvalue weighted by Gasteiger charge is 2.38. The molecular weight excluding hydrogens is 565 g/mol. The molecule has 1 aliphatic rings. The van der Waals surface area contributed by atoms with E-state index in [1.165, 1.54) is 18.3 Å². The number of alkyl halides is 3. The van der Waals surface area contributed by atoms with E-state index in [4.69, 9.17) is 9.47 Å². The second kappa shape index (κ2) is 11.4. The van der Waals surface area contributed by atoms with Gasteiger partial charge in [0.05, 0.1) is 47.8 Å². The number of aromatic nitrogens is 2. The Balaban J connectivity index is 1.65. The average Bonchev–Trinajstić information content (AvgIpc) is 3.39. The van der Waals surface area contributed by atoms with Crippen LogP contribution in [-0.2, 0) is 43.5 Å². The molecule has 2 aromatic carbocycles. The Kier molecular flexibility index (Phi) is 8.34. The number of nitrogens with one attached hydrogen (secondary N) is 2. The molecule has 2 heterocycles. The number of halogens is 3. The lowest BCUT2D eigenvalue weighted by molar-refractivity contribution is -0.154. The highest BCUT2D eigenvalue weighted by atomic mass is 32.2. The molecule has 1 aliphatic heterocycles. The van der Waals surface area contributed by atoms with Gasteiger partial charge in [0.2, 0.25) is 5.91 Å². The van der Waals surface area contributed by atoms with E-state index in [9.17, 15) is 31.2 Å². The topological polar surface area (TPSA) is 131 Å². The predicted octanol–water partition coefficient (Wildman–Crippen LogP) is 3.98. The molecule has 3 aromatic rings. The van der Waals surface area contributed by atoms with Crippen molar-refractivity contribution in [2.24, 2.45) is 0 Å². The number of benzene rings is 2. The second-order valence-electron chi connectivity index (χ2n) is 10.4. The number of carbonyl (C=O) groups is 2. The van der Waals surface area contributed by atoms with Gasteiger partial charge in [0.1, 0.15) is 17.5 Å². The largest absolute Gasteiger partial charge is 0.486 e. The van der Waals surface area contributed by atoms with Gasteiger partial charge in [-0.05, 0) is 62.7 Å². The molecule has 220 valence electrons. The summed E-state index contributed by atoms with van der Waals surface area (Å²) in [7, 11) is -4.56. The summed E-state index contributed by atoms with van der Waals surface area (Å²) in [5.41, 5.74) is -0.780. The van der Waals surface area contributed by atoms with Crippen LogP contribution < -0.4 is 14.4 Å². The molecule has 10 nitrogen and oxygen atoms in total. The summed E-state index contributed by atoms with van der Waals surface area (Å²) in [6.45, 7) is 4.92. The first-order valence-corrected chi connectivity index (χ1v) is 14.0. The number of rotatable bonds is 8. The Hall–Kier alpha value is -4.07. The molecule has 41 heavy (non-hydrogen) atoms. The van der Waals surface area contributed by atoms with Gasteiger partial charge >= 0.3 is 12.1 Å². The lowest BCUT2D eigenvalue weighted by Crippen LogP contribution is -2.45. The molecule has 0 unspecified atom stereocenters. The van der Waals surface area contributed by atoms with Crippen molar-refractivity contribution in [1.82, 2.24) is 15.5 Å². The molecule has 0 spiro atoms. The molecule has 4 rings (SSSR count). The Bertz CT molecular complexity index is 1520. The maximum absolute atomic E-state index is 13.8. The van der Waals surface area contributed by atoms with Crippen molar-refractivity contribution < 1.29 is 40.7 Å². The molecule has 1 atom stereocenters. The third-order valence-corrected chi connectivity index (χ3v) is 7.70. The summed E-state index contributed by atoms with van der Waals surface area (Å²) in [6, 6.07) is 9.51. The smallest absolute Gasteiger partial charge is 0.416 e. The Labute approximate surface area is 234 Å². The van der Waals surface area contributed by atoms with E-state index in [1.807, 2.05) is 0 Å². The summed E-state index contributed by atoms with van der Waals surface area (Å²) in [5, 5.41) is 9.18. The van der Waals surface area contributed by atoms with Crippen LogP contribution in [-0.4, -0.2) is 48.7 Å². The lowest BCUT2D eigenvalue weighted by atomic mass is 10.1. The van der Waals surface area contributed by atoms with Gasteiger partial charge in [-0.2, -0.15) is 18.3 Å². The third-order valence-electron chi connectivity index (χ3n) is 5.92. The molecule has 1 amide bonds. The van der Waals surface area contributed by atoms with Crippen molar-refractivity contribution in [2.45, 2.75) is 62.9 Å². The number of anilines is 1. The van der Waals surface area contributed by atoms with Gasteiger partial charge in [-0.3, -0.25) is 19.0 Å².